The monoisotopic (exact) mass is 338 g/mol. The number of H-pyrrole nitrogens is 1. The number of hydrogen-bond donors (Lipinski definition) is 2. The van der Waals surface area contributed by atoms with E-state index in [-0.39, 0.29) is 18.0 Å². The number of piperidine rings is 1. The average Bonchev–Trinajstić information content (AvgIpc) is 3.24. The molecule has 130 valence electrons. The number of carbonyl (C=O) groups excluding carboxylic acids is 1. The Morgan fingerprint density at radius 2 is 2.24 bits per heavy atom. The fraction of sp³-hybridized carbons (Fsp3) is 0.389. The third-order valence-corrected chi connectivity index (χ3v) is 5.06. The van der Waals surface area contributed by atoms with Gasteiger partial charge in [0, 0.05) is 50.9 Å². The van der Waals surface area contributed by atoms with Crippen molar-refractivity contribution in [2.75, 3.05) is 7.05 Å². The average molecular weight is 338 g/mol. The van der Waals surface area contributed by atoms with Crippen LogP contribution in [0.3, 0.4) is 0 Å². The highest BCUT2D eigenvalue weighted by atomic mass is 16.2. The second-order valence-electron chi connectivity index (χ2n) is 6.66. The molecule has 25 heavy (non-hydrogen) atoms. The number of likely N-dealkylation sites (tertiary alicyclic amines) is 1. The first-order valence-corrected chi connectivity index (χ1v) is 8.52. The lowest BCUT2D eigenvalue weighted by atomic mass is 9.95. The van der Waals surface area contributed by atoms with Gasteiger partial charge < -0.3 is 14.8 Å². The van der Waals surface area contributed by atoms with E-state index in [0.29, 0.717) is 6.42 Å². The van der Waals surface area contributed by atoms with E-state index < -0.39 is 0 Å². The van der Waals surface area contributed by atoms with Crippen molar-refractivity contribution >= 4 is 16.8 Å². The lowest BCUT2D eigenvalue weighted by Gasteiger charge is -2.39. The van der Waals surface area contributed by atoms with Gasteiger partial charge in [-0.05, 0) is 18.1 Å². The smallest absolute Gasteiger partial charge is 0.223 e. The minimum Gasteiger partial charge on any atom is -0.336 e. The second kappa shape index (κ2) is 6.33. The number of imidazole rings is 1. The van der Waals surface area contributed by atoms with Crippen molar-refractivity contribution in [2.24, 2.45) is 7.05 Å². The first kappa shape index (κ1) is 15.8. The van der Waals surface area contributed by atoms with Gasteiger partial charge in [0.25, 0.3) is 0 Å². The van der Waals surface area contributed by atoms with Crippen molar-refractivity contribution in [1.29, 1.82) is 0 Å². The molecule has 0 aliphatic carbocycles. The topological polar surface area (TPSA) is 78.8 Å². The first-order chi connectivity index (χ1) is 12.1. The molecule has 1 aliphatic heterocycles. The van der Waals surface area contributed by atoms with Gasteiger partial charge >= 0.3 is 0 Å². The van der Waals surface area contributed by atoms with E-state index in [0.717, 1.165) is 29.7 Å². The highest BCUT2D eigenvalue weighted by molar-refractivity contribution is 5.78. The molecule has 7 heteroatoms. The molecule has 3 heterocycles. The van der Waals surface area contributed by atoms with E-state index >= 15 is 0 Å². The van der Waals surface area contributed by atoms with E-state index in [1.54, 1.807) is 6.20 Å². The molecule has 1 saturated heterocycles. The van der Waals surface area contributed by atoms with Gasteiger partial charge in [-0.2, -0.15) is 5.10 Å². The zero-order valence-corrected chi connectivity index (χ0v) is 14.4. The molecule has 2 N–H and O–H groups in total. The van der Waals surface area contributed by atoms with Crippen molar-refractivity contribution < 1.29 is 4.79 Å². The van der Waals surface area contributed by atoms with Crippen LogP contribution < -0.4 is 5.32 Å². The highest BCUT2D eigenvalue weighted by Crippen LogP contribution is 2.30. The Hall–Kier alpha value is -2.67. The Morgan fingerprint density at radius 3 is 3.04 bits per heavy atom. The summed E-state index contributed by atoms with van der Waals surface area (Å²) in [5.74, 6) is 1.09. The summed E-state index contributed by atoms with van der Waals surface area (Å²) in [5, 5.41) is 11.8. The number of aromatic amines is 1. The zero-order chi connectivity index (χ0) is 17.4. The van der Waals surface area contributed by atoms with Gasteiger partial charge in [0.1, 0.15) is 11.9 Å². The fourth-order valence-electron chi connectivity index (χ4n) is 3.61. The van der Waals surface area contributed by atoms with Crippen LogP contribution in [0.4, 0.5) is 0 Å². The molecule has 0 unspecified atom stereocenters. The van der Waals surface area contributed by atoms with Crippen LogP contribution in [0.15, 0.2) is 36.8 Å². The van der Waals surface area contributed by atoms with Crippen molar-refractivity contribution in [2.45, 2.75) is 31.5 Å². The fourth-order valence-corrected chi connectivity index (χ4v) is 3.61. The van der Waals surface area contributed by atoms with Crippen molar-refractivity contribution in [1.82, 2.24) is 30.0 Å². The van der Waals surface area contributed by atoms with Crippen LogP contribution in [0.5, 0.6) is 0 Å². The van der Waals surface area contributed by atoms with Gasteiger partial charge in [-0.1, -0.05) is 12.1 Å². The minimum absolute atomic E-state index is 0.0582. The molecule has 1 amide bonds. The van der Waals surface area contributed by atoms with Gasteiger partial charge in [-0.3, -0.25) is 9.89 Å². The molecule has 2 aromatic heterocycles. The number of carbonyl (C=O) groups is 1. The SMILES string of the molecule is CN1C(=O)CC[C@@H](NCc2ccc3cn[nH]c3c2)[C@@H]1c1nccn1C. The molecule has 0 spiro atoms. The largest absolute Gasteiger partial charge is 0.336 e. The maximum atomic E-state index is 12.2. The van der Waals surface area contributed by atoms with Gasteiger partial charge in [0.2, 0.25) is 5.91 Å². The summed E-state index contributed by atoms with van der Waals surface area (Å²) in [7, 11) is 3.84. The van der Waals surface area contributed by atoms with Crippen LogP contribution >= 0.6 is 0 Å². The lowest BCUT2D eigenvalue weighted by molar-refractivity contribution is -0.136. The Balaban J connectivity index is 1.54. The van der Waals surface area contributed by atoms with Gasteiger partial charge in [-0.25, -0.2) is 4.98 Å². The molecule has 1 aromatic carbocycles. The van der Waals surface area contributed by atoms with Crippen molar-refractivity contribution in [3.05, 3.63) is 48.2 Å². The number of aromatic nitrogens is 4. The van der Waals surface area contributed by atoms with Crippen LogP contribution in [-0.4, -0.2) is 43.6 Å². The summed E-state index contributed by atoms with van der Waals surface area (Å²) in [6.07, 6.45) is 6.91. The van der Waals surface area contributed by atoms with E-state index in [1.807, 2.05) is 36.0 Å². The van der Waals surface area contributed by atoms with E-state index in [1.165, 1.54) is 5.56 Å². The summed E-state index contributed by atoms with van der Waals surface area (Å²) >= 11 is 0. The van der Waals surface area contributed by atoms with Crippen LogP contribution in [0.1, 0.15) is 30.3 Å². The maximum absolute atomic E-state index is 12.2. The number of rotatable bonds is 4. The second-order valence-corrected chi connectivity index (χ2v) is 6.66. The zero-order valence-electron chi connectivity index (χ0n) is 14.4. The number of nitrogens with one attached hydrogen (secondary N) is 2. The van der Waals surface area contributed by atoms with Crippen molar-refractivity contribution in [3.8, 4) is 0 Å². The predicted octanol–water partition coefficient (Wildman–Crippen LogP) is 1.75. The van der Waals surface area contributed by atoms with Crippen LogP contribution in [0.2, 0.25) is 0 Å². The van der Waals surface area contributed by atoms with Gasteiger partial charge in [0.05, 0.1) is 11.7 Å². The molecule has 0 saturated carbocycles. The quantitative estimate of drug-likeness (QED) is 0.760. The molecule has 0 bridgehead atoms. The molecule has 4 rings (SSSR count). The van der Waals surface area contributed by atoms with Crippen LogP contribution in [0.25, 0.3) is 10.9 Å². The Morgan fingerprint density at radius 1 is 1.36 bits per heavy atom. The standard InChI is InChI=1S/C18H22N6O/c1-23-8-7-19-18(23)17-14(5-6-16(25)24(17)2)20-10-12-3-4-13-11-21-22-15(13)9-12/h3-4,7-9,11,14,17,20H,5-6,10H2,1-2H3,(H,21,22)/t14-,17-/m1/s1. The molecule has 2 atom stereocenters. The highest BCUT2D eigenvalue weighted by Gasteiger charge is 2.36. The molecule has 7 nitrogen and oxygen atoms in total. The third kappa shape index (κ3) is 2.91. The van der Waals surface area contributed by atoms with Crippen LogP contribution in [0, 0.1) is 0 Å². The first-order valence-electron chi connectivity index (χ1n) is 8.52. The summed E-state index contributed by atoms with van der Waals surface area (Å²) in [5.41, 5.74) is 2.23. The molecule has 0 radical (unpaired) electrons. The third-order valence-electron chi connectivity index (χ3n) is 5.06. The van der Waals surface area contributed by atoms with E-state index in [2.05, 4.69) is 38.7 Å². The Kier molecular flexibility index (Phi) is 4.01. The Labute approximate surface area is 146 Å². The molecular formula is C18H22N6O. The summed E-state index contributed by atoms with van der Waals surface area (Å²) in [6, 6.07) is 6.40. The number of hydrogen-bond acceptors (Lipinski definition) is 4. The number of fused-ring (bicyclic) bond motifs is 1. The predicted molar refractivity (Wildman–Crippen MR) is 94.7 cm³/mol. The normalized spacial score (nSPS) is 21.2. The number of benzene rings is 1. The molecular weight excluding hydrogens is 316 g/mol. The van der Waals surface area contributed by atoms with E-state index in [9.17, 15) is 4.79 Å². The molecule has 3 aromatic rings. The summed E-state index contributed by atoms with van der Waals surface area (Å²) in [6.45, 7) is 0.739. The minimum atomic E-state index is -0.0582. The molecule has 1 fully saturated rings. The van der Waals surface area contributed by atoms with Crippen molar-refractivity contribution in [3.63, 3.8) is 0 Å². The summed E-state index contributed by atoms with van der Waals surface area (Å²) < 4.78 is 1.99. The summed E-state index contributed by atoms with van der Waals surface area (Å²) in [4.78, 5) is 18.5. The molecule has 1 aliphatic rings. The van der Waals surface area contributed by atoms with Gasteiger partial charge in [-0.15, -0.1) is 0 Å². The van der Waals surface area contributed by atoms with Crippen LogP contribution in [-0.2, 0) is 18.4 Å². The maximum Gasteiger partial charge on any atom is 0.223 e. The lowest BCUT2D eigenvalue weighted by Crippen LogP contribution is -2.49. The number of likely N-dealkylation sites (N-methyl/N-ethyl adjacent to an activating group) is 1. The number of amides is 1. The Bertz CT molecular complexity index is 898. The van der Waals surface area contributed by atoms with Gasteiger partial charge in [0.15, 0.2) is 0 Å². The number of aryl methyl sites for hydroxylation is 1. The van der Waals surface area contributed by atoms with E-state index in [4.69, 9.17) is 0 Å². The number of nitrogens with zero attached hydrogens (tertiary/aromatic N) is 4.